The molecule has 1 saturated heterocycles. The molecule has 19 heavy (non-hydrogen) atoms. The van der Waals surface area contributed by atoms with Gasteiger partial charge >= 0.3 is 0 Å². The summed E-state index contributed by atoms with van der Waals surface area (Å²) in [6, 6.07) is 1.85. The molecule has 0 amide bonds. The Hall–Kier alpha value is -1.86. The Bertz CT molecular complexity index is 611. The van der Waals surface area contributed by atoms with Crippen LogP contribution in [0.2, 0.25) is 0 Å². The number of aliphatic hydroxyl groups is 1. The molecule has 1 aliphatic rings. The predicted octanol–water partition coefficient (Wildman–Crippen LogP) is 0.512. The first-order valence-electron chi connectivity index (χ1n) is 6.26. The molecule has 1 aliphatic heterocycles. The van der Waals surface area contributed by atoms with Crippen LogP contribution in [-0.2, 0) is 4.74 Å². The van der Waals surface area contributed by atoms with Crippen molar-refractivity contribution in [2.24, 2.45) is 5.92 Å². The highest BCUT2D eigenvalue weighted by atomic mass is 16.5. The van der Waals surface area contributed by atoms with Gasteiger partial charge < -0.3 is 25.9 Å². The van der Waals surface area contributed by atoms with Gasteiger partial charge in [0.05, 0.1) is 18.1 Å². The van der Waals surface area contributed by atoms with Gasteiger partial charge in [0.25, 0.3) is 0 Å². The van der Waals surface area contributed by atoms with E-state index in [2.05, 4.69) is 16.9 Å². The van der Waals surface area contributed by atoms with E-state index >= 15 is 0 Å². The monoisotopic (exact) mass is 263 g/mol. The fraction of sp³-hybridized carbons (Fsp3) is 0.500. The minimum Gasteiger partial charge on any atom is -0.394 e. The molecule has 0 aromatic carbocycles. The highest BCUT2D eigenvalue weighted by molar-refractivity contribution is 5.87. The van der Waals surface area contributed by atoms with Gasteiger partial charge in [0.1, 0.15) is 17.7 Å². The molecule has 0 radical (unpaired) electrons. The molecule has 102 valence electrons. The molecule has 5 N–H and O–H groups in total. The second-order valence-corrected chi connectivity index (χ2v) is 4.97. The minimum atomic E-state index is -0.164. The number of nitrogens with two attached hydrogens (primary N) is 2. The van der Waals surface area contributed by atoms with Crippen LogP contribution in [-0.4, -0.2) is 32.4 Å². The number of nitrogen functional groups attached to an aromatic ring is 2. The summed E-state index contributed by atoms with van der Waals surface area (Å²) in [5.41, 5.74) is 12.1. The van der Waals surface area contributed by atoms with Crippen LogP contribution in [0, 0.1) is 5.92 Å². The number of nitrogens with zero attached hydrogens (tertiary/aromatic N) is 3. The number of aliphatic hydroxyl groups excluding tert-OH is 1. The third-order valence-electron chi connectivity index (χ3n) is 3.55. The molecule has 0 spiro atoms. The third-order valence-corrected chi connectivity index (χ3v) is 3.55. The predicted molar refractivity (Wildman–Crippen MR) is 71.1 cm³/mol. The van der Waals surface area contributed by atoms with Gasteiger partial charge in [-0.05, 0) is 12.5 Å². The van der Waals surface area contributed by atoms with Crippen molar-refractivity contribution in [1.29, 1.82) is 0 Å². The summed E-state index contributed by atoms with van der Waals surface area (Å²) in [4.78, 5) is 8.18. The van der Waals surface area contributed by atoms with Crippen molar-refractivity contribution in [3.8, 4) is 0 Å². The molecule has 2 aromatic rings. The summed E-state index contributed by atoms with van der Waals surface area (Å²) in [5, 5.41) is 9.96. The quantitative estimate of drug-likeness (QED) is 0.727. The Morgan fingerprint density at radius 2 is 2.26 bits per heavy atom. The Morgan fingerprint density at radius 3 is 2.95 bits per heavy atom. The summed E-state index contributed by atoms with van der Waals surface area (Å²) in [6.07, 6.45) is 2.39. The van der Waals surface area contributed by atoms with Crippen molar-refractivity contribution in [1.82, 2.24) is 14.5 Å². The fourth-order valence-electron chi connectivity index (χ4n) is 2.65. The number of hydrogen-bond donors (Lipinski definition) is 3. The maximum Gasteiger partial charge on any atom is 0.223 e. The van der Waals surface area contributed by atoms with Gasteiger partial charge in [0, 0.05) is 12.1 Å². The number of hydrogen-bond acceptors (Lipinski definition) is 6. The fourth-order valence-corrected chi connectivity index (χ4v) is 2.65. The molecule has 7 heteroatoms. The number of aromatic nitrogens is 3. The van der Waals surface area contributed by atoms with Crippen molar-refractivity contribution in [2.75, 3.05) is 18.1 Å². The zero-order chi connectivity index (χ0) is 13.6. The van der Waals surface area contributed by atoms with Gasteiger partial charge in [0.2, 0.25) is 5.95 Å². The first-order valence-corrected chi connectivity index (χ1v) is 6.26. The molecule has 0 saturated carbocycles. The third kappa shape index (κ3) is 1.91. The number of anilines is 2. The van der Waals surface area contributed by atoms with Crippen LogP contribution < -0.4 is 11.5 Å². The van der Waals surface area contributed by atoms with E-state index in [-0.39, 0.29) is 30.8 Å². The summed E-state index contributed by atoms with van der Waals surface area (Å²) in [7, 11) is 0. The molecule has 3 rings (SSSR count). The van der Waals surface area contributed by atoms with E-state index in [4.69, 9.17) is 16.2 Å². The standard InChI is InChI=1S/C12H17N5O2/c1-6-4-7(5-18)19-11(6)17-3-2-8-9(13)15-12(14)16-10(8)17/h2-3,6-7,11,18H,4-5H2,1H3,(H4,13,14,15,16)/t6-,7?,11?/m0/s1. The lowest BCUT2D eigenvalue weighted by Crippen LogP contribution is -2.15. The van der Waals surface area contributed by atoms with Crippen LogP contribution in [0.15, 0.2) is 12.3 Å². The molecule has 2 unspecified atom stereocenters. The summed E-state index contributed by atoms with van der Waals surface area (Å²) in [6.45, 7) is 2.11. The van der Waals surface area contributed by atoms with E-state index in [1.807, 2.05) is 16.8 Å². The van der Waals surface area contributed by atoms with E-state index in [1.54, 1.807) is 0 Å². The van der Waals surface area contributed by atoms with Crippen LogP contribution in [0.5, 0.6) is 0 Å². The van der Waals surface area contributed by atoms with E-state index in [9.17, 15) is 5.11 Å². The molecule has 1 fully saturated rings. The van der Waals surface area contributed by atoms with Gasteiger partial charge in [0.15, 0.2) is 0 Å². The Kier molecular flexibility index (Phi) is 2.79. The van der Waals surface area contributed by atoms with Crippen molar-refractivity contribution in [3.05, 3.63) is 12.3 Å². The van der Waals surface area contributed by atoms with Crippen molar-refractivity contribution >= 4 is 22.8 Å². The second-order valence-electron chi connectivity index (χ2n) is 4.97. The van der Waals surface area contributed by atoms with Crippen LogP contribution >= 0.6 is 0 Å². The van der Waals surface area contributed by atoms with Gasteiger partial charge in [-0.2, -0.15) is 9.97 Å². The van der Waals surface area contributed by atoms with E-state index in [0.29, 0.717) is 11.5 Å². The normalized spacial score (nSPS) is 27.2. The van der Waals surface area contributed by atoms with Gasteiger partial charge in [-0.15, -0.1) is 0 Å². The summed E-state index contributed by atoms with van der Waals surface area (Å²) < 4.78 is 7.73. The first kappa shape index (κ1) is 12.2. The SMILES string of the molecule is C[C@H]1CC(CO)OC1n1ccc2c(N)nc(N)nc21. The van der Waals surface area contributed by atoms with Crippen molar-refractivity contribution in [2.45, 2.75) is 25.7 Å². The molecule has 3 heterocycles. The maximum absolute atomic E-state index is 9.20. The van der Waals surface area contributed by atoms with Crippen LogP contribution in [0.3, 0.4) is 0 Å². The van der Waals surface area contributed by atoms with Crippen molar-refractivity contribution in [3.63, 3.8) is 0 Å². The number of ether oxygens (including phenoxy) is 1. The molecule has 2 aromatic heterocycles. The molecule has 0 aliphatic carbocycles. The molecular weight excluding hydrogens is 246 g/mol. The summed E-state index contributed by atoms with van der Waals surface area (Å²) in [5.74, 6) is 0.796. The largest absolute Gasteiger partial charge is 0.394 e. The average molecular weight is 263 g/mol. The van der Waals surface area contributed by atoms with Gasteiger partial charge in [-0.25, -0.2) is 0 Å². The lowest BCUT2D eigenvalue weighted by atomic mass is 10.1. The molecular formula is C12H17N5O2. The van der Waals surface area contributed by atoms with E-state index in [1.165, 1.54) is 0 Å². The van der Waals surface area contributed by atoms with Crippen molar-refractivity contribution < 1.29 is 9.84 Å². The molecule has 0 bridgehead atoms. The maximum atomic E-state index is 9.20. The highest BCUT2D eigenvalue weighted by Crippen LogP contribution is 2.36. The zero-order valence-corrected chi connectivity index (χ0v) is 10.7. The van der Waals surface area contributed by atoms with Gasteiger partial charge in [-0.1, -0.05) is 6.92 Å². The zero-order valence-electron chi connectivity index (χ0n) is 10.7. The highest BCUT2D eigenvalue weighted by Gasteiger charge is 2.33. The Morgan fingerprint density at radius 1 is 1.47 bits per heavy atom. The first-order chi connectivity index (χ1) is 9.10. The minimum absolute atomic E-state index is 0.0271. The smallest absolute Gasteiger partial charge is 0.223 e. The number of rotatable bonds is 2. The number of fused-ring (bicyclic) bond motifs is 1. The van der Waals surface area contributed by atoms with Crippen LogP contribution in [0.1, 0.15) is 19.6 Å². The van der Waals surface area contributed by atoms with E-state index < -0.39 is 0 Å². The second kappa shape index (κ2) is 4.36. The summed E-state index contributed by atoms with van der Waals surface area (Å²) >= 11 is 0. The molecule has 7 nitrogen and oxygen atoms in total. The average Bonchev–Trinajstić information content (AvgIpc) is 2.92. The Labute approximate surface area is 110 Å². The topological polar surface area (TPSA) is 112 Å². The lowest BCUT2D eigenvalue weighted by molar-refractivity contribution is -0.0291. The van der Waals surface area contributed by atoms with Crippen LogP contribution in [0.25, 0.3) is 11.0 Å². The lowest BCUT2D eigenvalue weighted by Gasteiger charge is -2.18. The Balaban J connectivity index is 2.06. The van der Waals surface area contributed by atoms with Crippen LogP contribution in [0.4, 0.5) is 11.8 Å². The van der Waals surface area contributed by atoms with Gasteiger partial charge in [-0.3, -0.25) is 0 Å². The molecule has 3 atom stereocenters. The van der Waals surface area contributed by atoms with E-state index in [0.717, 1.165) is 11.8 Å².